The van der Waals surface area contributed by atoms with Gasteiger partial charge in [0.2, 0.25) is 0 Å². The van der Waals surface area contributed by atoms with Gasteiger partial charge in [0.15, 0.2) is 0 Å². The molecule has 0 aliphatic carbocycles. The van der Waals surface area contributed by atoms with Crippen LogP contribution in [0.2, 0.25) is 0 Å². The molecule has 0 saturated heterocycles. The molecular formula is C14H21NO2. The summed E-state index contributed by atoms with van der Waals surface area (Å²) >= 11 is 0. The van der Waals surface area contributed by atoms with E-state index in [0.29, 0.717) is 0 Å². The lowest BCUT2D eigenvalue weighted by molar-refractivity contribution is -0.139. The second kappa shape index (κ2) is 5.82. The van der Waals surface area contributed by atoms with Gasteiger partial charge in [0, 0.05) is 6.04 Å². The molecule has 0 fully saturated rings. The average molecular weight is 235 g/mol. The number of rotatable bonds is 4. The van der Waals surface area contributed by atoms with Gasteiger partial charge in [0.1, 0.15) is 0 Å². The molecule has 0 aromatic heterocycles. The third kappa shape index (κ3) is 3.56. The Morgan fingerprint density at radius 3 is 2.41 bits per heavy atom. The summed E-state index contributed by atoms with van der Waals surface area (Å²) in [6.45, 7) is 8.60. The van der Waals surface area contributed by atoms with Gasteiger partial charge in [-0.2, -0.15) is 0 Å². The summed E-state index contributed by atoms with van der Waals surface area (Å²) in [4.78, 5) is 11.1. The van der Waals surface area contributed by atoms with Gasteiger partial charge in [-0.15, -0.1) is 0 Å². The third-order valence-electron chi connectivity index (χ3n) is 3.13. The van der Waals surface area contributed by atoms with Gasteiger partial charge in [-0.3, -0.25) is 4.79 Å². The summed E-state index contributed by atoms with van der Waals surface area (Å²) in [5.41, 5.74) is 5.05. The van der Waals surface area contributed by atoms with E-state index < -0.39 is 0 Å². The quantitative estimate of drug-likeness (QED) is 0.815. The third-order valence-corrected chi connectivity index (χ3v) is 3.13. The first-order valence-electron chi connectivity index (χ1n) is 5.83. The highest BCUT2D eigenvalue weighted by atomic mass is 16.5. The van der Waals surface area contributed by atoms with E-state index in [0.717, 1.165) is 0 Å². The van der Waals surface area contributed by atoms with Crippen molar-refractivity contribution in [2.45, 2.75) is 33.7 Å². The number of carbonyl (C=O) groups is 1. The summed E-state index contributed by atoms with van der Waals surface area (Å²) in [5, 5.41) is 3.16. The molecule has 0 amide bonds. The molecule has 0 aliphatic rings. The molecule has 0 aliphatic heterocycles. The molecule has 0 saturated carbocycles. The Labute approximate surface area is 103 Å². The molecule has 0 radical (unpaired) electrons. The van der Waals surface area contributed by atoms with Crippen LogP contribution < -0.4 is 5.32 Å². The molecule has 3 nitrogen and oxygen atoms in total. The van der Waals surface area contributed by atoms with Crippen LogP contribution in [-0.4, -0.2) is 19.6 Å². The average Bonchev–Trinajstić information content (AvgIpc) is 2.30. The van der Waals surface area contributed by atoms with Crippen molar-refractivity contribution < 1.29 is 9.53 Å². The minimum Gasteiger partial charge on any atom is -0.468 e. The fraction of sp³-hybridized carbons (Fsp3) is 0.500. The maximum atomic E-state index is 11.1. The molecule has 1 atom stereocenters. The van der Waals surface area contributed by atoms with Crippen molar-refractivity contribution in [2.24, 2.45) is 0 Å². The number of methoxy groups -OCH3 is 1. The number of ether oxygens (including phenoxy) is 1. The molecule has 0 heterocycles. The maximum Gasteiger partial charge on any atom is 0.319 e. The van der Waals surface area contributed by atoms with Crippen molar-refractivity contribution in [3.63, 3.8) is 0 Å². The lowest BCUT2D eigenvalue weighted by atomic mass is 9.96. The predicted molar refractivity (Wildman–Crippen MR) is 69.1 cm³/mol. The van der Waals surface area contributed by atoms with Crippen LogP contribution in [0, 0.1) is 20.8 Å². The van der Waals surface area contributed by atoms with Crippen molar-refractivity contribution in [2.75, 3.05) is 13.7 Å². The first-order chi connectivity index (χ1) is 7.95. The highest BCUT2D eigenvalue weighted by Gasteiger charge is 2.11. The number of carbonyl (C=O) groups excluding carboxylic acids is 1. The molecule has 1 aromatic carbocycles. The second-order valence-corrected chi connectivity index (χ2v) is 4.47. The zero-order valence-corrected chi connectivity index (χ0v) is 11.3. The Morgan fingerprint density at radius 1 is 1.24 bits per heavy atom. The van der Waals surface area contributed by atoms with E-state index in [1.54, 1.807) is 0 Å². The first-order valence-corrected chi connectivity index (χ1v) is 5.83. The minimum atomic E-state index is -0.238. The molecule has 3 heteroatoms. The van der Waals surface area contributed by atoms with Gasteiger partial charge in [-0.1, -0.05) is 12.1 Å². The van der Waals surface area contributed by atoms with E-state index in [9.17, 15) is 4.79 Å². The van der Waals surface area contributed by atoms with E-state index in [1.165, 1.54) is 29.4 Å². The van der Waals surface area contributed by atoms with Gasteiger partial charge in [0.05, 0.1) is 13.7 Å². The van der Waals surface area contributed by atoms with Crippen LogP contribution in [-0.2, 0) is 9.53 Å². The molecule has 1 unspecified atom stereocenters. The molecule has 1 aromatic rings. The Bertz CT molecular complexity index is 413. The van der Waals surface area contributed by atoms with E-state index in [4.69, 9.17) is 0 Å². The lowest BCUT2D eigenvalue weighted by Gasteiger charge is -2.17. The van der Waals surface area contributed by atoms with E-state index in [1.807, 2.05) is 0 Å². The largest absolute Gasteiger partial charge is 0.468 e. The number of nitrogens with one attached hydrogen (secondary N) is 1. The predicted octanol–water partition coefficient (Wildman–Crippen LogP) is 2.44. The van der Waals surface area contributed by atoms with Gasteiger partial charge < -0.3 is 10.1 Å². The zero-order chi connectivity index (χ0) is 13.0. The van der Waals surface area contributed by atoms with Crippen LogP contribution in [0.15, 0.2) is 12.1 Å². The fourth-order valence-electron chi connectivity index (χ4n) is 1.87. The van der Waals surface area contributed by atoms with Crippen molar-refractivity contribution in [3.8, 4) is 0 Å². The monoisotopic (exact) mass is 235 g/mol. The summed E-state index contributed by atoms with van der Waals surface area (Å²) in [7, 11) is 1.40. The van der Waals surface area contributed by atoms with Crippen LogP contribution >= 0.6 is 0 Å². The minimum absolute atomic E-state index is 0.147. The molecule has 1 N–H and O–H groups in total. The fourth-order valence-corrected chi connectivity index (χ4v) is 1.87. The second-order valence-electron chi connectivity index (χ2n) is 4.47. The summed E-state index contributed by atoms with van der Waals surface area (Å²) in [6, 6.07) is 4.51. The molecule has 1 rings (SSSR count). The lowest BCUT2D eigenvalue weighted by Crippen LogP contribution is -2.27. The standard InChI is InChI=1S/C14H21NO2/c1-9-6-11(3)13(7-10(9)2)12(4)15-8-14(16)17-5/h6-7,12,15H,8H2,1-5H3. The highest BCUT2D eigenvalue weighted by molar-refractivity contribution is 5.71. The topological polar surface area (TPSA) is 38.3 Å². The number of benzene rings is 1. The van der Waals surface area contributed by atoms with Crippen LogP contribution in [0.25, 0.3) is 0 Å². The van der Waals surface area contributed by atoms with E-state index in [2.05, 4.69) is 49.9 Å². The van der Waals surface area contributed by atoms with Gasteiger partial charge in [0.25, 0.3) is 0 Å². The molecule has 17 heavy (non-hydrogen) atoms. The summed E-state index contributed by atoms with van der Waals surface area (Å²) < 4.78 is 4.61. The highest BCUT2D eigenvalue weighted by Crippen LogP contribution is 2.21. The number of hydrogen-bond donors (Lipinski definition) is 1. The number of esters is 1. The number of aryl methyl sites for hydroxylation is 3. The smallest absolute Gasteiger partial charge is 0.319 e. The molecule has 94 valence electrons. The molecule has 0 spiro atoms. The van der Waals surface area contributed by atoms with Gasteiger partial charge in [-0.05, 0) is 49.9 Å². The number of hydrogen-bond acceptors (Lipinski definition) is 3. The van der Waals surface area contributed by atoms with Crippen LogP contribution in [0.5, 0.6) is 0 Å². The summed E-state index contributed by atoms with van der Waals surface area (Å²) in [6.07, 6.45) is 0. The van der Waals surface area contributed by atoms with E-state index >= 15 is 0 Å². The summed E-state index contributed by atoms with van der Waals surface area (Å²) in [5.74, 6) is -0.238. The van der Waals surface area contributed by atoms with Crippen LogP contribution in [0.4, 0.5) is 0 Å². The van der Waals surface area contributed by atoms with Crippen LogP contribution in [0.1, 0.15) is 35.2 Å². The van der Waals surface area contributed by atoms with Gasteiger partial charge >= 0.3 is 5.97 Å². The van der Waals surface area contributed by atoms with Crippen molar-refractivity contribution >= 4 is 5.97 Å². The Morgan fingerprint density at radius 2 is 1.82 bits per heavy atom. The van der Waals surface area contributed by atoms with Crippen molar-refractivity contribution in [1.82, 2.24) is 5.32 Å². The first kappa shape index (κ1) is 13.7. The molecule has 0 bridgehead atoms. The Hall–Kier alpha value is -1.35. The van der Waals surface area contributed by atoms with E-state index in [-0.39, 0.29) is 18.6 Å². The molecular weight excluding hydrogens is 214 g/mol. The van der Waals surface area contributed by atoms with Crippen molar-refractivity contribution in [1.29, 1.82) is 0 Å². The van der Waals surface area contributed by atoms with Gasteiger partial charge in [-0.25, -0.2) is 0 Å². The van der Waals surface area contributed by atoms with Crippen molar-refractivity contribution in [3.05, 3.63) is 34.4 Å². The Kier molecular flexibility index (Phi) is 4.70. The maximum absolute atomic E-state index is 11.1. The van der Waals surface area contributed by atoms with Crippen LogP contribution in [0.3, 0.4) is 0 Å². The normalized spacial score (nSPS) is 12.3. The zero-order valence-electron chi connectivity index (χ0n) is 11.3. The SMILES string of the molecule is COC(=O)CNC(C)c1cc(C)c(C)cc1C. The Balaban J connectivity index is 2.78.